The van der Waals surface area contributed by atoms with Crippen molar-refractivity contribution < 1.29 is 9.90 Å². The van der Waals surface area contributed by atoms with E-state index in [4.69, 9.17) is 5.11 Å². The maximum absolute atomic E-state index is 10.0. The summed E-state index contributed by atoms with van der Waals surface area (Å²) in [7, 11) is 0. The van der Waals surface area contributed by atoms with Gasteiger partial charge < -0.3 is 10.0 Å². The first-order valence-electron chi connectivity index (χ1n) is 13.1. The molecule has 0 radical (unpaired) electrons. The second kappa shape index (κ2) is 27.4. The van der Waals surface area contributed by atoms with Gasteiger partial charge in [-0.1, -0.05) is 111 Å². The predicted octanol–water partition coefficient (Wildman–Crippen LogP) is 8.46. The molecule has 0 bridgehead atoms. The summed E-state index contributed by atoms with van der Waals surface area (Å²) in [5.41, 5.74) is 0. The largest absolute Gasteiger partial charge is 0.481 e. The SMILES string of the molecule is CCCCCCCC(=O)O.CCCCCCN(CCCCCC)CCCCCC. The lowest BCUT2D eigenvalue weighted by Gasteiger charge is -2.22. The zero-order valence-electron chi connectivity index (χ0n) is 20.7. The van der Waals surface area contributed by atoms with Crippen LogP contribution >= 0.6 is 0 Å². The van der Waals surface area contributed by atoms with Gasteiger partial charge in [0.1, 0.15) is 0 Å². The molecule has 3 nitrogen and oxygen atoms in total. The van der Waals surface area contributed by atoms with Crippen LogP contribution in [0.3, 0.4) is 0 Å². The Bertz CT molecular complexity index is 279. The Morgan fingerprint density at radius 1 is 0.517 bits per heavy atom. The monoisotopic (exact) mass is 413 g/mol. The molecule has 0 fully saturated rings. The summed E-state index contributed by atoms with van der Waals surface area (Å²) < 4.78 is 0. The van der Waals surface area contributed by atoms with Crippen LogP contribution in [0.4, 0.5) is 0 Å². The minimum absolute atomic E-state index is 0.337. The Kier molecular flexibility index (Phi) is 29.0. The topological polar surface area (TPSA) is 40.5 Å². The Hall–Kier alpha value is -0.570. The molecule has 0 spiro atoms. The second-order valence-electron chi connectivity index (χ2n) is 8.58. The van der Waals surface area contributed by atoms with Crippen LogP contribution in [0.1, 0.15) is 143 Å². The molecule has 0 aromatic rings. The van der Waals surface area contributed by atoms with Crippen LogP contribution in [0.15, 0.2) is 0 Å². The molecule has 176 valence electrons. The van der Waals surface area contributed by atoms with Crippen LogP contribution in [0.5, 0.6) is 0 Å². The van der Waals surface area contributed by atoms with Gasteiger partial charge in [-0.15, -0.1) is 0 Å². The quantitative estimate of drug-likeness (QED) is 0.192. The van der Waals surface area contributed by atoms with Gasteiger partial charge in [0.15, 0.2) is 0 Å². The molecule has 0 aromatic carbocycles. The molecule has 0 unspecified atom stereocenters. The molecular formula is C26H55NO2. The van der Waals surface area contributed by atoms with Gasteiger partial charge in [-0.2, -0.15) is 0 Å². The fourth-order valence-corrected chi connectivity index (χ4v) is 3.50. The highest BCUT2D eigenvalue weighted by molar-refractivity contribution is 5.66. The van der Waals surface area contributed by atoms with Crippen molar-refractivity contribution in [1.29, 1.82) is 0 Å². The molecule has 0 rings (SSSR count). The van der Waals surface area contributed by atoms with Crippen molar-refractivity contribution >= 4 is 5.97 Å². The Morgan fingerprint density at radius 3 is 1.14 bits per heavy atom. The van der Waals surface area contributed by atoms with Crippen LogP contribution < -0.4 is 0 Å². The van der Waals surface area contributed by atoms with Crippen LogP contribution in [0, 0.1) is 0 Å². The number of hydrogen-bond donors (Lipinski definition) is 1. The normalized spacial score (nSPS) is 10.8. The zero-order valence-corrected chi connectivity index (χ0v) is 20.7. The Labute approximate surface area is 184 Å². The summed E-state index contributed by atoms with van der Waals surface area (Å²) in [4.78, 5) is 12.8. The third-order valence-corrected chi connectivity index (χ3v) is 5.48. The molecule has 1 N–H and O–H groups in total. The number of unbranched alkanes of at least 4 members (excludes halogenated alkanes) is 13. The van der Waals surface area contributed by atoms with Gasteiger partial charge >= 0.3 is 5.97 Å². The predicted molar refractivity (Wildman–Crippen MR) is 130 cm³/mol. The molecule has 0 saturated carbocycles. The lowest BCUT2D eigenvalue weighted by molar-refractivity contribution is -0.137. The van der Waals surface area contributed by atoms with E-state index in [-0.39, 0.29) is 0 Å². The van der Waals surface area contributed by atoms with Gasteiger partial charge in [-0.05, 0) is 45.3 Å². The van der Waals surface area contributed by atoms with Gasteiger partial charge in [-0.25, -0.2) is 0 Å². The first kappa shape index (κ1) is 30.6. The zero-order chi connectivity index (χ0) is 22.0. The van der Waals surface area contributed by atoms with Crippen LogP contribution in [0.2, 0.25) is 0 Å². The van der Waals surface area contributed by atoms with E-state index in [2.05, 4.69) is 32.6 Å². The van der Waals surface area contributed by atoms with E-state index < -0.39 is 5.97 Å². The number of nitrogens with zero attached hydrogens (tertiary/aromatic N) is 1. The van der Waals surface area contributed by atoms with Crippen molar-refractivity contribution in [2.75, 3.05) is 19.6 Å². The van der Waals surface area contributed by atoms with Gasteiger partial charge in [-0.3, -0.25) is 4.79 Å². The molecule has 0 heterocycles. The molecule has 0 aliphatic heterocycles. The van der Waals surface area contributed by atoms with Crippen LogP contribution in [0.25, 0.3) is 0 Å². The maximum atomic E-state index is 10.0. The van der Waals surface area contributed by atoms with Crippen molar-refractivity contribution in [1.82, 2.24) is 4.90 Å². The average molecular weight is 414 g/mol. The van der Waals surface area contributed by atoms with Crippen molar-refractivity contribution in [2.24, 2.45) is 0 Å². The Balaban J connectivity index is 0. The molecule has 0 aromatic heterocycles. The standard InChI is InChI=1S/C18H39N.C8H16O2/c1-4-7-10-13-16-19(17-14-11-8-5-2)18-15-12-9-6-3;1-2-3-4-5-6-7-8(9)10/h4-18H2,1-3H3;2-7H2,1H3,(H,9,10). The summed E-state index contributed by atoms with van der Waals surface area (Å²) >= 11 is 0. The molecule has 0 saturated heterocycles. The lowest BCUT2D eigenvalue weighted by Crippen LogP contribution is -2.27. The summed E-state index contributed by atoms with van der Waals surface area (Å²) in [6.07, 6.45) is 22.7. The van der Waals surface area contributed by atoms with E-state index in [0.717, 1.165) is 12.8 Å². The van der Waals surface area contributed by atoms with E-state index in [1.807, 2.05) is 0 Å². The highest BCUT2D eigenvalue weighted by Gasteiger charge is 2.04. The fourth-order valence-electron chi connectivity index (χ4n) is 3.50. The summed E-state index contributed by atoms with van der Waals surface area (Å²) in [5.74, 6) is -0.670. The summed E-state index contributed by atoms with van der Waals surface area (Å²) in [6.45, 7) is 13.1. The van der Waals surface area contributed by atoms with Crippen molar-refractivity contribution in [2.45, 2.75) is 143 Å². The third-order valence-electron chi connectivity index (χ3n) is 5.48. The molecule has 0 aliphatic rings. The molecule has 0 atom stereocenters. The molecule has 29 heavy (non-hydrogen) atoms. The lowest BCUT2D eigenvalue weighted by atomic mass is 10.1. The fraction of sp³-hybridized carbons (Fsp3) is 0.962. The number of carboxylic acids is 1. The van der Waals surface area contributed by atoms with E-state index in [1.165, 1.54) is 116 Å². The molecule has 0 aliphatic carbocycles. The van der Waals surface area contributed by atoms with Crippen LogP contribution in [-0.2, 0) is 4.79 Å². The van der Waals surface area contributed by atoms with Gasteiger partial charge in [0.2, 0.25) is 0 Å². The smallest absolute Gasteiger partial charge is 0.303 e. The molecular weight excluding hydrogens is 358 g/mol. The first-order valence-corrected chi connectivity index (χ1v) is 13.1. The van der Waals surface area contributed by atoms with E-state index in [0.29, 0.717) is 6.42 Å². The Morgan fingerprint density at radius 2 is 0.828 bits per heavy atom. The number of rotatable bonds is 21. The van der Waals surface area contributed by atoms with Crippen molar-refractivity contribution in [3.8, 4) is 0 Å². The minimum Gasteiger partial charge on any atom is -0.481 e. The second-order valence-corrected chi connectivity index (χ2v) is 8.58. The summed E-state index contributed by atoms with van der Waals surface area (Å²) in [5, 5.41) is 8.27. The highest BCUT2D eigenvalue weighted by Crippen LogP contribution is 2.08. The highest BCUT2D eigenvalue weighted by atomic mass is 16.4. The van der Waals surface area contributed by atoms with E-state index in [1.54, 1.807) is 0 Å². The minimum atomic E-state index is -0.670. The average Bonchev–Trinajstić information content (AvgIpc) is 2.71. The van der Waals surface area contributed by atoms with Crippen LogP contribution in [-0.4, -0.2) is 35.6 Å². The number of hydrogen-bond acceptors (Lipinski definition) is 2. The molecule has 3 heteroatoms. The number of aliphatic carboxylic acids is 1. The van der Waals surface area contributed by atoms with Crippen molar-refractivity contribution in [3.63, 3.8) is 0 Å². The first-order chi connectivity index (χ1) is 14.1. The maximum Gasteiger partial charge on any atom is 0.303 e. The number of carbonyl (C=O) groups is 1. The third kappa shape index (κ3) is 29.7. The van der Waals surface area contributed by atoms with Crippen molar-refractivity contribution in [3.05, 3.63) is 0 Å². The van der Waals surface area contributed by atoms with Gasteiger partial charge in [0, 0.05) is 6.42 Å². The van der Waals surface area contributed by atoms with Gasteiger partial charge in [0.05, 0.1) is 0 Å². The van der Waals surface area contributed by atoms with E-state index in [9.17, 15) is 4.79 Å². The number of carboxylic acid groups (broad SMARTS) is 1. The van der Waals surface area contributed by atoms with E-state index >= 15 is 0 Å². The van der Waals surface area contributed by atoms with Gasteiger partial charge in [0.25, 0.3) is 0 Å². The molecule has 0 amide bonds. The summed E-state index contributed by atoms with van der Waals surface area (Å²) in [6, 6.07) is 0.